The summed E-state index contributed by atoms with van der Waals surface area (Å²) in [6.45, 7) is 2.61. The molecule has 1 unspecified atom stereocenters. The monoisotopic (exact) mass is 342 g/mol. The summed E-state index contributed by atoms with van der Waals surface area (Å²) >= 11 is 5.93. The standard InChI is InChI=1S/C15H19ClN2O5/c1-10(15(21)22)18(8-7-17-11(2)19)14(20)9-23-13-6-4-3-5-12(13)16/h3-6,10H,7-9H2,1-2H3,(H,17,19)(H,21,22). The predicted molar refractivity (Wildman–Crippen MR) is 84.4 cm³/mol. The molecule has 1 aromatic carbocycles. The number of carboxylic acid groups (broad SMARTS) is 1. The van der Waals surface area contributed by atoms with Crippen molar-refractivity contribution in [3.63, 3.8) is 0 Å². The van der Waals surface area contributed by atoms with Crippen molar-refractivity contribution in [2.45, 2.75) is 19.9 Å². The third-order valence-electron chi connectivity index (χ3n) is 3.06. The fourth-order valence-corrected chi connectivity index (χ4v) is 1.99. The Kier molecular flexibility index (Phi) is 7.34. The fraction of sp³-hybridized carbons (Fsp3) is 0.400. The molecule has 1 aromatic rings. The number of ether oxygens (including phenoxy) is 1. The van der Waals surface area contributed by atoms with Gasteiger partial charge >= 0.3 is 5.97 Å². The van der Waals surface area contributed by atoms with E-state index in [4.69, 9.17) is 21.4 Å². The number of hydrogen-bond donors (Lipinski definition) is 2. The van der Waals surface area contributed by atoms with Crippen LogP contribution >= 0.6 is 11.6 Å². The first-order valence-corrected chi connectivity index (χ1v) is 7.34. The lowest BCUT2D eigenvalue weighted by Crippen LogP contribution is -2.48. The van der Waals surface area contributed by atoms with Crippen LogP contribution in [0.2, 0.25) is 5.02 Å². The first kappa shape index (κ1) is 18.8. The summed E-state index contributed by atoms with van der Waals surface area (Å²) in [7, 11) is 0. The number of aliphatic carboxylic acids is 1. The van der Waals surface area contributed by atoms with E-state index in [9.17, 15) is 14.4 Å². The lowest BCUT2D eigenvalue weighted by atomic mass is 10.2. The predicted octanol–water partition coefficient (Wildman–Crippen LogP) is 1.16. The van der Waals surface area contributed by atoms with Crippen molar-refractivity contribution >= 4 is 29.4 Å². The number of nitrogens with zero attached hydrogens (tertiary/aromatic N) is 1. The highest BCUT2D eigenvalue weighted by Gasteiger charge is 2.25. The molecule has 2 N–H and O–H groups in total. The number of para-hydroxylation sites is 1. The SMILES string of the molecule is CC(=O)NCCN(C(=O)COc1ccccc1Cl)C(C)C(=O)O. The van der Waals surface area contributed by atoms with Crippen LogP contribution in [0.25, 0.3) is 0 Å². The second kappa shape index (κ2) is 8.99. The van der Waals surface area contributed by atoms with E-state index < -0.39 is 17.9 Å². The van der Waals surface area contributed by atoms with Gasteiger partial charge in [-0.1, -0.05) is 23.7 Å². The molecule has 0 saturated carbocycles. The van der Waals surface area contributed by atoms with Crippen molar-refractivity contribution in [3.8, 4) is 5.75 Å². The van der Waals surface area contributed by atoms with Gasteiger partial charge in [0.1, 0.15) is 11.8 Å². The minimum atomic E-state index is -1.14. The minimum absolute atomic E-state index is 0.0672. The molecule has 0 aliphatic rings. The Bertz CT molecular complexity index is 579. The average Bonchev–Trinajstić information content (AvgIpc) is 2.49. The summed E-state index contributed by atoms with van der Waals surface area (Å²) in [6.07, 6.45) is 0. The fourth-order valence-electron chi connectivity index (χ4n) is 1.80. The largest absolute Gasteiger partial charge is 0.482 e. The number of amides is 2. The third-order valence-corrected chi connectivity index (χ3v) is 3.37. The van der Waals surface area contributed by atoms with Gasteiger partial charge in [0.2, 0.25) is 5.91 Å². The Morgan fingerprint density at radius 3 is 2.57 bits per heavy atom. The Morgan fingerprint density at radius 2 is 2.00 bits per heavy atom. The molecule has 7 nitrogen and oxygen atoms in total. The molecule has 0 radical (unpaired) electrons. The van der Waals surface area contributed by atoms with Gasteiger partial charge in [-0.3, -0.25) is 9.59 Å². The molecule has 0 aliphatic heterocycles. The van der Waals surface area contributed by atoms with Crippen LogP contribution in [-0.2, 0) is 14.4 Å². The maximum absolute atomic E-state index is 12.2. The van der Waals surface area contributed by atoms with Crippen LogP contribution in [-0.4, -0.2) is 53.5 Å². The lowest BCUT2D eigenvalue weighted by molar-refractivity contribution is -0.150. The molecule has 1 atom stereocenters. The van der Waals surface area contributed by atoms with Gasteiger partial charge in [0.15, 0.2) is 6.61 Å². The Labute approximate surface area is 139 Å². The quantitative estimate of drug-likeness (QED) is 0.739. The molecule has 0 aromatic heterocycles. The number of rotatable bonds is 8. The van der Waals surface area contributed by atoms with E-state index in [1.165, 1.54) is 13.8 Å². The third kappa shape index (κ3) is 6.15. The average molecular weight is 343 g/mol. The number of nitrogens with one attached hydrogen (secondary N) is 1. The van der Waals surface area contributed by atoms with Crippen LogP contribution in [0.15, 0.2) is 24.3 Å². The summed E-state index contributed by atoms with van der Waals surface area (Å²) in [4.78, 5) is 35.4. The van der Waals surface area contributed by atoms with Gasteiger partial charge < -0.3 is 20.1 Å². The first-order valence-electron chi connectivity index (χ1n) is 6.97. The van der Waals surface area contributed by atoms with E-state index in [1.807, 2.05) is 0 Å². The molecule has 8 heteroatoms. The number of benzene rings is 1. The molecule has 0 saturated heterocycles. The van der Waals surface area contributed by atoms with E-state index in [1.54, 1.807) is 24.3 Å². The summed E-state index contributed by atoms with van der Waals surface area (Å²) in [6, 6.07) is 5.63. The van der Waals surface area contributed by atoms with Crippen molar-refractivity contribution in [1.82, 2.24) is 10.2 Å². The second-order valence-electron chi connectivity index (χ2n) is 4.80. The van der Waals surface area contributed by atoms with Gasteiger partial charge in [0.25, 0.3) is 5.91 Å². The van der Waals surface area contributed by atoms with Gasteiger partial charge in [-0.15, -0.1) is 0 Å². The number of hydrogen-bond acceptors (Lipinski definition) is 4. The van der Waals surface area contributed by atoms with E-state index in [0.29, 0.717) is 10.8 Å². The first-order chi connectivity index (χ1) is 10.8. The second-order valence-corrected chi connectivity index (χ2v) is 5.21. The minimum Gasteiger partial charge on any atom is -0.482 e. The zero-order valence-electron chi connectivity index (χ0n) is 12.9. The van der Waals surface area contributed by atoms with Crippen LogP contribution in [0.1, 0.15) is 13.8 Å². The Hall–Kier alpha value is -2.28. The maximum atomic E-state index is 12.2. The van der Waals surface area contributed by atoms with Gasteiger partial charge in [-0.25, -0.2) is 4.79 Å². The molecule has 0 aliphatic carbocycles. The summed E-state index contributed by atoms with van der Waals surface area (Å²) < 4.78 is 5.33. The van der Waals surface area contributed by atoms with Crippen LogP contribution in [0, 0.1) is 0 Å². The van der Waals surface area contributed by atoms with E-state index in [0.717, 1.165) is 4.90 Å². The van der Waals surface area contributed by atoms with Gasteiger partial charge in [0.05, 0.1) is 5.02 Å². The maximum Gasteiger partial charge on any atom is 0.326 e. The molecular weight excluding hydrogens is 324 g/mol. The number of carbonyl (C=O) groups is 3. The van der Waals surface area contributed by atoms with Crippen molar-refractivity contribution in [2.24, 2.45) is 0 Å². The molecule has 0 spiro atoms. The van der Waals surface area contributed by atoms with Gasteiger partial charge in [0, 0.05) is 20.0 Å². The Morgan fingerprint density at radius 1 is 1.35 bits per heavy atom. The molecule has 2 amide bonds. The molecule has 23 heavy (non-hydrogen) atoms. The summed E-state index contributed by atoms with van der Waals surface area (Å²) in [5.74, 6) is -1.57. The number of halogens is 1. The molecule has 0 fully saturated rings. The van der Waals surface area contributed by atoms with E-state index >= 15 is 0 Å². The topological polar surface area (TPSA) is 95.9 Å². The number of carbonyl (C=O) groups excluding carboxylic acids is 2. The molecule has 1 rings (SSSR count). The smallest absolute Gasteiger partial charge is 0.326 e. The van der Waals surface area contributed by atoms with Crippen molar-refractivity contribution in [3.05, 3.63) is 29.3 Å². The molecule has 0 bridgehead atoms. The summed E-state index contributed by atoms with van der Waals surface area (Å²) in [5.41, 5.74) is 0. The van der Waals surface area contributed by atoms with Crippen molar-refractivity contribution in [2.75, 3.05) is 19.7 Å². The normalized spacial score (nSPS) is 11.4. The molecular formula is C15H19ClN2O5. The highest BCUT2D eigenvalue weighted by atomic mass is 35.5. The van der Waals surface area contributed by atoms with Crippen LogP contribution in [0.3, 0.4) is 0 Å². The lowest BCUT2D eigenvalue weighted by Gasteiger charge is -2.26. The van der Waals surface area contributed by atoms with Gasteiger partial charge in [-0.2, -0.15) is 0 Å². The zero-order valence-corrected chi connectivity index (χ0v) is 13.7. The highest BCUT2D eigenvalue weighted by Crippen LogP contribution is 2.23. The van der Waals surface area contributed by atoms with E-state index in [-0.39, 0.29) is 25.6 Å². The highest BCUT2D eigenvalue weighted by molar-refractivity contribution is 6.32. The molecule has 0 heterocycles. The van der Waals surface area contributed by atoms with E-state index in [2.05, 4.69) is 5.32 Å². The Balaban J connectivity index is 2.68. The zero-order chi connectivity index (χ0) is 17.4. The molecule has 126 valence electrons. The van der Waals surface area contributed by atoms with Crippen LogP contribution < -0.4 is 10.1 Å². The van der Waals surface area contributed by atoms with Crippen molar-refractivity contribution in [1.29, 1.82) is 0 Å². The van der Waals surface area contributed by atoms with Gasteiger partial charge in [-0.05, 0) is 19.1 Å². The van der Waals surface area contributed by atoms with Crippen LogP contribution in [0.4, 0.5) is 0 Å². The van der Waals surface area contributed by atoms with Crippen molar-refractivity contribution < 1.29 is 24.2 Å². The van der Waals surface area contributed by atoms with Crippen LogP contribution in [0.5, 0.6) is 5.75 Å². The number of carboxylic acids is 1. The summed E-state index contributed by atoms with van der Waals surface area (Å²) in [5, 5.41) is 12.0.